The molecule has 0 saturated carbocycles. The second kappa shape index (κ2) is 7.20. The molecule has 1 heterocycles. The van der Waals surface area contributed by atoms with Gasteiger partial charge < -0.3 is 14.5 Å². The molecule has 0 N–H and O–H groups in total. The van der Waals surface area contributed by atoms with Crippen molar-refractivity contribution in [1.82, 2.24) is 9.80 Å². The van der Waals surface area contributed by atoms with Crippen LogP contribution < -0.4 is 4.74 Å². The van der Waals surface area contributed by atoms with E-state index < -0.39 is 11.2 Å². The summed E-state index contributed by atoms with van der Waals surface area (Å²) in [6.45, 7) is 7.82. The SMILES string of the molecule is COc1ccc(C(=O)N2CCCN(C(=O)C(C)(C)C)CC2)cc1F. The first-order valence-corrected chi connectivity index (χ1v) is 8.16. The molecule has 1 aliphatic rings. The highest BCUT2D eigenvalue weighted by Gasteiger charge is 2.29. The third-order valence-corrected chi connectivity index (χ3v) is 4.11. The minimum absolute atomic E-state index is 0.0901. The van der Waals surface area contributed by atoms with Crippen molar-refractivity contribution in [2.24, 2.45) is 5.41 Å². The first-order valence-electron chi connectivity index (χ1n) is 8.16. The molecule has 5 nitrogen and oxygen atoms in total. The van der Waals surface area contributed by atoms with Gasteiger partial charge in [0.1, 0.15) is 0 Å². The van der Waals surface area contributed by atoms with E-state index in [0.29, 0.717) is 38.2 Å². The Labute approximate surface area is 142 Å². The molecule has 1 aromatic rings. The summed E-state index contributed by atoms with van der Waals surface area (Å²) in [7, 11) is 1.38. The van der Waals surface area contributed by atoms with Crippen LogP contribution in [-0.4, -0.2) is 54.9 Å². The molecule has 0 aromatic heterocycles. The summed E-state index contributed by atoms with van der Waals surface area (Å²) in [5.74, 6) is -0.569. The van der Waals surface area contributed by atoms with E-state index >= 15 is 0 Å². The molecule has 24 heavy (non-hydrogen) atoms. The number of carbonyl (C=O) groups excluding carboxylic acids is 2. The largest absolute Gasteiger partial charge is 0.494 e. The van der Waals surface area contributed by atoms with E-state index in [-0.39, 0.29) is 17.6 Å². The van der Waals surface area contributed by atoms with Crippen molar-refractivity contribution >= 4 is 11.8 Å². The van der Waals surface area contributed by atoms with Gasteiger partial charge in [0, 0.05) is 37.2 Å². The zero-order valence-corrected chi connectivity index (χ0v) is 14.8. The zero-order chi connectivity index (χ0) is 17.9. The number of carbonyl (C=O) groups is 2. The standard InChI is InChI=1S/C18H25FN2O3/c1-18(2,3)17(23)21-9-5-8-20(10-11-21)16(22)13-6-7-15(24-4)14(19)12-13/h6-7,12H,5,8-11H2,1-4H3. The van der Waals surface area contributed by atoms with Crippen LogP contribution in [0.3, 0.4) is 0 Å². The maximum Gasteiger partial charge on any atom is 0.254 e. The number of benzene rings is 1. The van der Waals surface area contributed by atoms with Gasteiger partial charge in [0.15, 0.2) is 11.6 Å². The smallest absolute Gasteiger partial charge is 0.254 e. The first kappa shape index (κ1) is 18.2. The van der Waals surface area contributed by atoms with Crippen molar-refractivity contribution in [3.63, 3.8) is 0 Å². The van der Waals surface area contributed by atoms with Crippen molar-refractivity contribution in [3.05, 3.63) is 29.6 Å². The molecule has 2 amide bonds. The van der Waals surface area contributed by atoms with Gasteiger partial charge in [-0.15, -0.1) is 0 Å². The Balaban J connectivity index is 2.07. The van der Waals surface area contributed by atoms with Gasteiger partial charge in [-0.2, -0.15) is 0 Å². The highest BCUT2D eigenvalue weighted by molar-refractivity contribution is 5.94. The van der Waals surface area contributed by atoms with Gasteiger partial charge in [-0.25, -0.2) is 4.39 Å². The Morgan fingerprint density at radius 1 is 1.08 bits per heavy atom. The number of nitrogens with zero attached hydrogens (tertiary/aromatic N) is 2. The molecule has 0 unspecified atom stereocenters. The predicted octanol–water partition coefficient (Wildman–Crippen LogP) is 2.55. The molecule has 0 spiro atoms. The number of rotatable bonds is 2. The quantitative estimate of drug-likeness (QED) is 0.834. The fourth-order valence-electron chi connectivity index (χ4n) is 2.78. The van der Waals surface area contributed by atoms with Crippen LogP contribution in [0.1, 0.15) is 37.6 Å². The molecule has 0 bridgehead atoms. The number of amides is 2. The summed E-state index contributed by atoms with van der Waals surface area (Å²) >= 11 is 0. The zero-order valence-electron chi connectivity index (χ0n) is 14.8. The lowest BCUT2D eigenvalue weighted by atomic mass is 9.94. The lowest BCUT2D eigenvalue weighted by molar-refractivity contribution is -0.139. The van der Waals surface area contributed by atoms with Gasteiger partial charge in [0.25, 0.3) is 5.91 Å². The molecular formula is C18H25FN2O3. The minimum atomic E-state index is -0.553. The lowest BCUT2D eigenvalue weighted by Crippen LogP contribution is -2.42. The van der Waals surface area contributed by atoms with E-state index in [1.54, 1.807) is 11.0 Å². The van der Waals surface area contributed by atoms with E-state index in [2.05, 4.69) is 0 Å². The van der Waals surface area contributed by atoms with Gasteiger partial charge in [-0.1, -0.05) is 20.8 Å². The monoisotopic (exact) mass is 336 g/mol. The molecule has 0 atom stereocenters. The van der Waals surface area contributed by atoms with Crippen LogP contribution in [0.4, 0.5) is 4.39 Å². The Bertz CT molecular complexity index is 625. The number of ether oxygens (including phenoxy) is 1. The van der Waals surface area contributed by atoms with Gasteiger partial charge >= 0.3 is 0 Å². The minimum Gasteiger partial charge on any atom is -0.494 e. The van der Waals surface area contributed by atoms with Crippen LogP contribution in [0.15, 0.2) is 18.2 Å². The third-order valence-electron chi connectivity index (χ3n) is 4.11. The van der Waals surface area contributed by atoms with Gasteiger partial charge in [0.2, 0.25) is 5.91 Å². The molecule has 0 aliphatic carbocycles. The molecule has 0 radical (unpaired) electrons. The van der Waals surface area contributed by atoms with E-state index in [4.69, 9.17) is 4.74 Å². The van der Waals surface area contributed by atoms with Crippen molar-refractivity contribution in [3.8, 4) is 5.75 Å². The Morgan fingerprint density at radius 3 is 2.29 bits per heavy atom. The van der Waals surface area contributed by atoms with E-state index in [1.807, 2.05) is 25.7 Å². The molecule has 2 rings (SSSR count). The Morgan fingerprint density at radius 2 is 1.71 bits per heavy atom. The second-order valence-corrected chi connectivity index (χ2v) is 7.04. The normalized spacial score (nSPS) is 15.9. The second-order valence-electron chi connectivity index (χ2n) is 7.04. The first-order chi connectivity index (χ1) is 11.2. The maximum absolute atomic E-state index is 13.8. The summed E-state index contributed by atoms with van der Waals surface area (Å²) < 4.78 is 18.7. The number of hydrogen-bond donors (Lipinski definition) is 0. The lowest BCUT2D eigenvalue weighted by Gasteiger charge is -2.28. The molecule has 1 aromatic carbocycles. The molecule has 1 aliphatic heterocycles. The molecule has 6 heteroatoms. The molecule has 132 valence electrons. The van der Waals surface area contributed by atoms with Crippen LogP contribution in [0.25, 0.3) is 0 Å². The van der Waals surface area contributed by atoms with Crippen LogP contribution in [-0.2, 0) is 4.79 Å². The van der Waals surface area contributed by atoms with E-state index in [9.17, 15) is 14.0 Å². The van der Waals surface area contributed by atoms with Gasteiger partial charge in [-0.3, -0.25) is 9.59 Å². The fraction of sp³-hybridized carbons (Fsp3) is 0.556. The van der Waals surface area contributed by atoms with Crippen LogP contribution in [0.2, 0.25) is 0 Å². The van der Waals surface area contributed by atoms with Gasteiger partial charge in [-0.05, 0) is 24.6 Å². The molecule has 1 fully saturated rings. The average Bonchev–Trinajstić information content (AvgIpc) is 2.78. The number of halogens is 1. The highest BCUT2D eigenvalue weighted by Crippen LogP contribution is 2.21. The predicted molar refractivity (Wildman–Crippen MR) is 89.5 cm³/mol. The fourth-order valence-corrected chi connectivity index (χ4v) is 2.78. The highest BCUT2D eigenvalue weighted by atomic mass is 19.1. The van der Waals surface area contributed by atoms with Crippen molar-refractivity contribution in [2.45, 2.75) is 27.2 Å². The van der Waals surface area contributed by atoms with Crippen molar-refractivity contribution in [1.29, 1.82) is 0 Å². The van der Waals surface area contributed by atoms with Gasteiger partial charge in [0.05, 0.1) is 7.11 Å². The summed E-state index contributed by atoms with van der Waals surface area (Å²) in [6, 6.07) is 4.22. The van der Waals surface area contributed by atoms with Crippen LogP contribution in [0, 0.1) is 11.2 Å². The topological polar surface area (TPSA) is 49.9 Å². The molecule has 1 saturated heterocycles. The van der Waals surface area contributed by atoms with Crippen LogP contribution in [0.5, 0.6) is 5.75 Å². The van der Waals surface area contributed by atoms with Crippen LogP contribution >= 0.6 is 0 Å². The van der Waals surface area contributed by atoms with E-state index in [0.717, 1.165) is 0 Å². The molecular weight excluding hydrogens is 311 g/mol. The summed E-state index contributed by atoms with van der Waals surface area (Å²) in [6.07, 6.45) is 0.714. The third kappa shape index (κ3) is 4.04. The summed E-state index contributed by atoms with van der Waals surface area (Å²) in [5.41, 5.74) is -0.137. The Kier molecular flexibility index (Phi) is 5.47. The maximum atomic E-state index is 13.8. The summed E-state index contributed by atoms with van der Waals surface area (Å²) in [4.78, 5) is 28.5. The Hall–Kier alpha value is -2.11. The number of methoxy groups -OCH3 is 1. The van der Waals surface area contributed by atoms with Crippen molar-refractivity contribution < 1.29 is 18.7 Å². The number of hydrogen-bond acceptors (Lipinski definition) is 3. The average molecular weight is 336 g/mol. The van der Waals surface area contributed by atoms with Crippen molar-refractivity contribution in [2.75, 3.05) is 33.3 Å². The summed E-state index contributed by atoms with van der Waals surface area (Å²) in [5, 5.41) is 0. The van der Waals surface area contributed by atoms with E-state index in [1.165, 1.54) is 19.2 Å².